The topological polar surface area (TPSA) is 23.4 Å². The van der Waals surface area contributed by atoms with Gasteiger partial charge in [0.25, 0.3) is 0 Å². The predicted octanol–water partition coefficient (Wildman–Crippen LogP) is 11.8. The highest BCUT2D eigenvalue weighted by molar-refractivity contribution is 5.90. The van der Waals surface area contributed by atoms with Gasteiger partial charge < -0.3 is 14.0 Å². The number of hydrogen-bond acceptors (Lipinski definition) is 2. The van der Waals surface area contributed by atoms with E-state index in [1.807, 2.05) is 0 Å². The summed E-state index contributed by atoms with van der Waals surface area (Å²) in [6.07, 6.45) is 42.4. The van der Waals surface area contributed by atoms with E-state index < -0.39 is 0 Å². The first kappa shape index (κ1) is 31.2. The zero-order valence-electron chi connectivity index (χ0n) is 30.1. The van der Waals surface area contributed by atoms with E-state index in [9.17, 15) is 0 Å². The predicted molar refractivity (Wildman–Crippen MR) is 211 cm³/mol. The minimum Gasteiger partial charge on any atom is -0.461 e. The van der Waals surface area contributed by atoms with Crippen molar-refractivity contribution in [1.29, 1.82) is 0 Å². The summed E-state index contributed by atoms with van der Waals surface area (Å²) in [6, 6.07) is 18.7. The van der Waals surface area contributed by atoms with Gasteiger partial charge in [-0.15, -0.1) is 0 Å². The van der Waals surface area contributed by atoms with Crippen LogP contribution in [0.3, 0.4) is 0 Å². The monoisotopic (exact) mass is 683 g/mol. The molecule has 9 unspecified atom stereocenters. The number of aromatic nitrogens is 1. The van der Waals surface area contributed by atoms with Crippen LogP contribution in [-0.2, 0) is 10.2 Å². The fourth-order valence-electron chi connectivity index (χ4n) is 12.2. The van der Waals surface area contributed by atoms with E-state index in [-0.39, 0.29) is 23.5 Å². The van der Waals surface area contributed by atoms with Crippen molar-refractivity contribution in [1.82, 2.24) is 4.57 Å². The van der Waals surface area contributed by atoms with Gasteiger partial charge in [0.15, 0.2) is 0 Å². The van der Waals surface area contributed by atoms with E-state index in [1.54, 1.807) is 11.1 Å². The third kappa shape index (κ3) is 4.60. The number of para-hydroxylation sites is 2. The van der Waals surface area contributed by atoms with Crippen molar-refractivity contribution < 1.29 is 9.47 Å². The quantitative estimate of drug-likeness (QED) is 0.274. The van der Waals surface area contributed by atoms with E-state index in [4.69, 9.17) is 9.47 Å². The average Bonchev–Trinajstić information content (AvgIpc) is 3.56. The van der Waals surface area contributed by atoms with Crippen molar-refractivity contribution in [2.24, 2.45) is 23.7 Å². The molecule has 6 aliphatic carbocycles. The van der Waals surface area contributed by atoms with Crippen LogP contribution in [0.25, 0.3) is 17.0 Å². The molecule has 1 aromatic heterocycles. The fraction of sp³-hybridized carbons (Fsp3) is 0.388. The van der Waals surface area contributed by atoms with Gasteiger partial charge in [-0.2, -0.15) is 0 Å². The van der Waals surface area contributed by atoms with Crippen LogP contribution in [0, 0.1) is 23.7 Å². The molecule has 1 saturated carbocycles. The van der Waals surface area contributed by atoms with Crippen molar-refractivity contribution in [3.63, 3.8) is 0 Å². The Bertz CT molecular complexity index is 2180. The van der Waals surface area contributed by atoms with Crippen LogP contribution in [0.5, 0.6) is 5.75 Å². The van der Waals surface area contributed by atoms with E-state index in [0.717, 1.165) is 44.3 Å². The van der Waals surface area contributed by atoms with Gasteiger partial charge in [0.05, 0.1) is 18.2 Å². The largest absolute Gasteiger partial charge is 0.461 e. The number of rotatable bonds is 3. The standard InChI is InChI=1S/C49H49NO2/c1-3-14-32(15-4-1)33-26-28-40-46(30-33)52-47-31-34(27-29-41(47)49(40)38-20-8-11-24-44(38)51-45-25-12-9-21-39(45)49)36-19-13-23-43-48(36)37-18-7-10-22-42(37)50(43)35-16-5-2-6-17-35/h1-8,10-11,13-14,16,18,20,22-24,26,28,30,32,34-36,40-41,46-47H,9,12,15,17,19,21,25,27,29,31H2. The van der Waals surface area contributed by atoms with Gasteiger partial charge in [-0.25, -0.2) is 0 Å². The molecule has 262 valence electrons. The number of allylic oxidation sites excluding steroid dienone is 13. The summed E-state index contributed by atoms with van der Waals surface area (Å²) in [5, 5.41) is 1.45. The maximum atomic E-state index is 7.56. The molecule has 3 nitrogen and oxygen atoms in total. The molecule has 52 heavy (non-hydrogen) atoms. The second-order valence-electron chi connectivity index (χ2n) is 16.6. The molecule has 0 amide bonds. The van der Waals surface area contributed by atoms with Crippen LogP contribution < -0.4 is 4.74 Å². The number of benzene rings is 2. The van der Waals surface area contributed by atoms with Crippen molar-refractivity contribution in [3.8, 4) is 5.75 Å². The third-order valence-electron chi connectivity index (χ3n) is 14.3. The molecule has 2 aromatic carbocycles. The number of ether oxygens (including phenoxy) is 2. The summed E-state index contributed by atoms with van der Waals surface area (Å²) in [5.41, 5.74) is 8.74. The van der Waals surface area contributed by atoms with Gasteiger partial charge >= 0.3 is 0 Å². The molecule has 0 bridgehead atoms. The number of nitrogens with zero attached hydrogens (tertiary/aromatic N) is 1. The molecule has 2 fully saturated rings. The molecule has 3 heterocycles. The Balaban J connectivity index is 1.02. The van der Waals surface area contributed by atoms with Gasteiger partial charge in [0.1, 0.15) is 11.5 Å². The van der Waals surface area contributed by atoms with E-state index in [2.05, 4.69) is 132 Å². The molecule has 11 rings (SSSR count). The number of fused-ring (bicyclic) bond motifs is 10. The Kier molecular flexibility index (Phi) is 7.43. The average molecular weight is 684 g/mol. The maximum absolute atomic E-state index is 7.56. The summed E-state index contributed by atoms with van der Waals surface area (Å²) in [5.74, 6) is 4.55. The molecule has 8 aliphatic rings. The SMILES string of the molecule is C1=CCC(C2=CC3OC4CC(C5CC=Cc6c5c5ccccc5n6C5C=CC=CC5)CCC4C4(C5=C(CCCC5)Oc5ccccc54)C3C=C2)C=C1. The van der Waals surface area contributed by atoms with Crippen molar-refractivity contribution in [2.75, 3.05) is 0 Å². The first-order valence-electron chi connectivity index (χ1n) is 20.3. The van der Waals surface area contributed by atoms with Gasteiger partial charge in [-0.1, -0.05) is 109 Å². The van der Waals surface area contributed by atoms with Crippen molar-refractivity contribution >= 4 is 17.0 Å². The highest BCUT2D eigenvalue weighted by Crippen LogP contribution is 2.64. The summed E-state index contributed by atoms with van der Waals surface area (Å²) in [7, 11) is 0. The Morgan fingerprint density at radius 2 is 1.63 bits per heavy atom. The smallest absolute Gasteiger partial charge is 0.131 e. The summed E-state index contributed by atoms with van der Waals surface area (Å²) >= 11 is 0. The first-order valence-corrected chi connectivity index (χ1v) is 20.3. The molecule has 9 atom stereocenters. The zero-order chi connectivity index (χ0) is 34.2. The minimum atomic E-state index is -0.0987. The first-order chi connectivity index (χ1) is 25.8. The Morgan fingerprint density at radius 3 is 2.54 bits per heavy atom. The van der Waals surface area contributed by atoms with E-state index in [0.29, 0.717) is 29.7 Å². The van der Waals surface area contributed by atoms with Gasteiger partial charge in [0, 0.05) is 45.8 Å². The fourth-order valence-corrected chi connectivity index (χ4v) is 12.2. The Labute approximate surface area is 308 Å². The van der Waals surface area contributed by atoms with E-state index >= 15 is 0 Å². The van der Waals surface area contributed by atoms with Gasteiger partial charge in [-0.3, -0.25) is 0 Å². The third-order valence-corrected chi connectivity index (χ3v) is 14.3. The van der Waals surface area contributed by atoms with Crippen molar-refractivity contribution in [3.05, 3.63) is 155 Å². The van der Waals surface area contributed by atoms with Crippen LogP contribution in [0.2, 0.25) is 0 Å². The Morgan fingerprint density at radius 1 is 0.769 bits per heavy atom. The van der Waals surface area contributed by atoms with Crippen LogP contribution in [-0.4, -0.2) is 16.8 Å². The second kappa shape index (κ2) is 12.4. The van der Waals surface area contributed by atoms with Crippen LogP contribution in [0.1, 0.15) is 93.0 Å². The van der Waals surface area contributed by atoms with Gasteiger partial charge in [-0.05, 0) is 110 Å². The van der Waals surface area contributed by atoms with Crippen LogP contribution in [0.15, 0.2) is 138 Å². The Hall–Kier alpha value is -4.34. The highest BCUT2D eigenvalue weighted by Gasteiger charge is 2.62. The maximum Gasteiger partial charge on any atom is 0.131 e. The summed E-state index contributed by atoms with van der Waals surface area (Å²) < 4.78 is 17.1. The molecule has 1 saturated heterocycles. The molecular weight excluding hydrogens is 635 g/mol. The molecule has 3 heteroatoms. The van der Waals surface area contributed by atoms with E-state index in [1.165, 1.54) is 59.2 Å². The lowest BCUT2D eigenvalue weighted by molar-refractivity contribution is -0.147. The lowest BCUT2D eigenvalue weighted by Crippen LogP contribution is -2.61. The zero-order valence-corrected chi connectivity index (χ0v) is 30.1. The summed E-state index contributed by atoms with van der Waals surface area (Å²) in [6.45, 7) is 0. The van der Waals surface area contributed by atoms with Gasteiger partial charge in [0.2, 0.25) is 0 Å². The second-order valence-corrected chi connectivity index (χ2v) is 16.6. The molecular formula is C49H49NO2. The minimum absolute atomic E-state index is 0.0519. The lowest BCUT2D eigenvalue weighted by atomic mass is 9.48. The normalized spacial score (nSPS) is 35.4. The van der Waals surface area contributed by atoms with Crippen LogP contribution >= 0.6 is 0 Å². The number of hydrogen-bond donors (Lipinski definition) is 0. The lowest BCUT2D eigenvalue weighted by Gasteiger charge is -2.61. The highest BCUT2D eigenvalue weighted by atomic mass is 16.5. The van der Waals surface area contributed by atoms with Crippen LogP contribution in [0.4, 0.5) is 0 Å². The molecule has 0 N–H and O–H groups in total. The summed E-state index contributed by atoms with van der Waals surface area (Å²) in [4.78, 5) is 0. The van der Waals surface area contributed by atoms with Crippen molar-refractivity contribution in [2.45, 2.75) is 93.8 Å². The molecule has 2 aliphatic heterocycles. The molecule has 3 aromatic rings. The molecule has 1 spiro atoms. The molecule has 0 radical (unpaired) electrons.